The first kappa shape index (κ1) is 20.1. The quantitative estimate of drug-likeness (QED) is 0.507. The number of aliphatic hydroxyl groups is 1. The number of benzene rings is 1. The number of rotatable bonds is 2. The molecule has 0 spiro atoms. The lowest BCUT2D eigenvalue weighted by Gasteiger charge is -2.34. The van der Waals surface area contributed by atoms with Crippen LogP contribution in [0.15, 0.2) is 17.2 Å². The molecule has 1 aliphatic carbocycles. The Morgan fingerprint density at radius 2 is 1.97 bits per heavy atom. The molecule has 10 heteroatoms. The van der Waals surface area contributed by atoms with Crippen molar-refractivity contribution >= 4 is 24.3 Å². The highest BCUT2D eigenvalue weighted by atomic mass is 32.1. The maximum Gasteiger partial charge on any atom is 0.322 e. The van der Waals surface area contributed by atoms with Gasteiger partial charge in [0.15, 0.2) is 17.5 Å². The van der Waals surface area contributed by atoms with Crippen LogP contribution in [0.5, 0.6) is 0 Å². The lowest BCUT2D eigenvalue weighted by molar-refractivity contribution is 0.160. The Kier molecular flexibility index (Phi) is 5.24. The number of hydrogen-bond acceptors (Lipinski definition) is 4. The molecular weight excluding hydrogens is 405 g/mol. The normalized spacial score (nSPS) is 23.9. The minimum Gasteiger partial charge on any atom is -0.393 e. The van der Waals surface area contributed by atoms with Crippen molar-refractivity contribution in [2.45, 2.75) is 62.4 Å². The third kappa shape index (κ3) is 3.71. The van der Waals surface area contributed by atoms with Gasteiger partial charge >= 0.3 is 6.03 Å². The lowest BCUT2D eigenvalue weighted by Crippen LogP contribution is -2.47. The van der Waals surface area contributed by atoms with Crippen LogP contribution in [0.4, 0.5) is 23.7 Å². The summed E-state index contributed by atoms with van der Waals surface area (Å²) in [6.45, 7) is 2.53. The van der Waals surface area contributed by atoms with E-state index in [-0.39, 0.29) is 30.3 Å². The predicted molar refractivity (Wildman–Crippen MR) is 102 cm³/mol. The van der Waals surface area contributed by atoms with Gasteiger partial charge in [0.05, 0.1) is 30.9 Å². The maximum atomic E-state index is 13.4. The van der Waals surface area contributed by atoms with E-state index in [0.717, 1.165) is 29.8 Å². The van der Waals surface area contributed by atoms with Crippen molar-refractivity contribution in [2.75, 3.05) is 5.32 Å². The third-order valence-electron chi connectivity index (χ3n) is 5.68. The summed E-state index contributed by atoms with van der Waals surface area (Å²) in [5.41, 5.74) is 1.62. The summed E-state index contributed by atoms with van der Waals surface area (Å²) < 4.78 is 41.9. The molecule has 6 nitrogen and oxygen atoms in total. The molecule has 156 valence electrons. The predicted octanol–water partition coefficient (Wildman–Crippen LogP) is 3.65. The first-order valence-electron chi connectivity index (χ1n) is 9.43. The van der Waals surface area contributed by atoms with Crippen molar-refractivity contribution in [3.8, 4) is 0 Å². The zero-order valence-electron chi connectivity index (χ0n) is 15.7. The Balaban J connectivity index is 1.57. The Bertz CT molecular complexity index is 944. The van der Waals surface area contributed by atoms with Crippen molar-refractivity contribution in [1.82, 2.24) is 14.7 Å². The third-order valence-corrected chi connectivity index (χ3v) is 6.01. The van der Waals surface area contributed by atoms with Crippen LogP contribution in [0.25, 0.3) is 0 Å². The standard InChI is InChI=1S/C19H21F3N4O2S/c1-9-7-26-15(16(18(29)24-26)10-2-3-12(27)4-10)8-25(9)19(28)23-11-5-13(20)17(22)14(21)6-11/h5-6,9-10,12,27H,2-4,7-8H2,1H3,(H,23,28)(H,24,29)/t9-,10?,12?/m0/s1. The van der Waals surface area contributed by atoms with Crippen LogP contribution in [0.2, 0.25) is 0 Å². The van der Waals surface area contributed by atoms with Gasteiger partial charge in [-0.2, -0.15) is 5.10 Å². The number of anilines is 1. The van der Waals surface area contributed by atoms with Crippen LogP contribution in [0.3, 0.4) is 0 Å². The van der Waals surface area contributed by atoms with Gasteiger partial charge in [-0.15, -0.1) is 12.6 Å². The van der Waals surface area contributed by atoms with Gasteiger partial charge < -0.3 is 15.3 Å². The zero-order chi connectivity index (χ0) is 20.9. The minimum atomic E-state index is -1.58. The Morgan fingerprint density at radius 3 is 2.59 bits per heavy atom. The minimum absolute atomic E-state index is 0.125. The van der Waals surface area contributed by atoms with Crippen molar-refractivity contribution in [2.24, 2.45) is 0 Å². The molecule has 4 rings (SSSR count). The van der Waals surface area contributed by atoms with Crippen LogP contribution in [0.1, 0.15) is 43.4 Å². The van der Waals surface area contributed by atoms with Gasteiger partial charge in [0, 0.05) is 23.4 Å². The Morgan fingerprint density at radius 1 is 1.28 bits per heavy atom. The number of aliphatic hydroxyl groups excluding tert-OH is 1. The first-order chi connectivity index (χ1) is 13.7. The summed E-state index contributed by atoms with van der Waals surface area (Å²) in [6, 6.07) is 0.708. The Labute approximate surface area is 171 Å². The molecule has 0 bridgehead atoms. The second-order valence-electron chi connectivity index (χ2n) is 7.69. The van der Waals surface area contributed by atoms with E-state index in [9.17, 15) is 23.1 Å². The summed E-state index contributed by atoms with van der Waals surface area (Å²) in [5, 5.41) is 17.4. The molecule has 1 aromatic carbocycles. The summed E-state index contributed by atoms with van der Waals surface area (Å²) in [4.78, 5) is 14.3. The molecule has 3 atom stereocenters. The van der Waals surface area contributed by atoms with Crippen LogP contribution < -0.4 is 5.32 Å². The van der Waals surface area contributed by atoms with E-state index in [1.165, 1.54) is 4.90 Å². The number of fused-ring (bicyclic) bond motifs is 1. The number of nitrogens with zero attached hydrogens (tertiary/aromatic N) is 3. The lowest BCUT2D eigenvalue weighted by atomic mass is 9.96. The molecule has 2 aromatic rings. The summed E-state index contributed by atoms with van der Waals surface area (Å²) in [7, 11) is 0. The van der Waals surface area contributed by atoms with Gasteiger partial charge in [0.2, 0.25) is 0 Å². The second-order valence-corrected chi connectivity index (χ2v) is 8.11. The number of halogens is 3. The van der Waals surface area contributed by atoms with Crippen LogP contribution in [-0.2, 0) is 13.1 Å². The van der Waals surface area contributed by atoms with E-state index < -0.39 is 23.5 Å². The molecule has 2 N–H and O–H groups in total. The van der Waals surface area contributed by atoms with Crippen LogP contribution in [0, 0.1) is 17.5 Å². The summed E-state index contributed by atoms with van der Waals surface area (Å²) in [5.74, 6) is -4.19. The number of carbonyl (C=O) groups is 1. The molecule has 1 aliphatic heterocycles. The average molecular weight is 426 g/mol. The molecular formula is C19H21F3N4O2S. The van der Waals surface area contributed by atoms with Gasteiger partial charge in [-0.1, -0.05) is 0 Å². The van der Waals surface area contributed by atoms with E-state index in [4.69, 9.17) is 0 Å². The van der Waals surface area contributed by atoms with E-state index in [1.807, 2.05) is 11.6 Å². The number of amides is 2. The molecule has 1 fully saturated rings. The molecule has 0 saturated heterocycles. The largest absolute Gasteiger partial charge is 0.393 e. The number of aromatic nitrogens is 2. The van der Waals surface area contributed by atoms with E-state index in [1.54, 1.807) is 0 Å². The molecule has 29 heavy (non-hydrogen) atoms. The summed E-state index contributed by atoms with van der Waals surface area (Å²) >= 11 is 4.50. The van der Waals surface area contributed by atoms with Gasteiger partial charge in [-0.3, -0.25) is 4.68 Å². The van der Waals surface area contributed by atoms with Crippen LogP contribution >= 0.6 is 12.6 Å². The fourth-order valence-electron chi connectivity index (χ4n) is 4.21. The molecule has 2 aliphatic rings. The van der Waals surface area contributed by atoms with Crippen molar-refractivity contribution in [3.63, 3.8) is 0 Å². The highest BCUT2D eigenvalue weighted by Gasteiger charge is 2.35. The maximum absolute atomic E-state index is 13.4. The molecule has 2 amide bonds. The number of carbonyl (C=O) groups excluding carboxylic acids is 1. The topological polar surface area (TPSA) is 70.4 Å². The fraction of sp³-hybridized carbons (Fsp3) is 0.474. The van der Waals surface area contributed by atoms with Gasteiger partial charge in [-0.05, 0) is 32.1 Å². The molecule has 1 saturated carbocycles. The first-order valence-corrected chi connectivity index (χ1v) is 9.88. The van der Waals surface area contributed by atoms with E-state index in [2.05, 4.69) is 23.0 Å². The van der Waals surface area contributed by atoms with E-state index >= 15 is 0 Å². The highest BCUT2D eigenvalue weighted by molar-refractivity contribution is 7.80. The second kappa shape index (κ2) is 7.56. The van der Waals surface area contributed by atoms with Gasteiger partial charge in [0.25, 0.3) is 0 Å². The Hall–Kier alpha value is -2.20. The van der Waals surface area contributed by atoms with E-state index in [0.29, 0.717) is 24.4 Å². The number of hydrogen-bond donors (Lipinski definition) is 3. The molecule has 2 heterocycles. The summed E-state index contributed by atoms with van der Waals surface area (Å²) in [6.07, 6.45) is 1.81. The van der Waals surface area contributed by atoms with Crippen LogP contribution in [-0.4, -0.2) is 38.0 Å². The zero-order valence-corrected chi connectivity index (χ0v) is 16.6. The van der Waals surface area contributed by atoms with Gasteiger partial charge in [0.1, 0.15) is 5.03 Å². The average Bonchev–Trinajstić information content (AvgIpc) is 3.20. The fourth-order valence-corrected chi connectivity index (χ4v) is 4.63. The van der Waals surface area contributed by atoms with Crippen molar-refractivity contribution < 1.29 is 23.1 Å². The highest BCUT2D eigenvalue weighted by Crippen LogP contribution is 2.40. The molecule has 2 unspecified atom stereocenters. The monoisotopic (exact) mass is 426 g/mol. The molecule has 0 radical (unpaired) electrons. The smallest absolute Gasteiger partial charge is 0.322 e. The molecule has 1 aromatic heterocycles. The number of nitrogens with one attached hydrogen (secondary N) is 1. The van der Waals surface area contributed by atoms with Crippen molar-refractivity contribution in [1.29, 1.82) is 0 Å². The van der Waals surface area contributed by atoms with Gasteiger partial charge in [-0.25, -0.2) is 18.0 Å². The number of urea groups is 1. The number of thiol groups is 1. The SMILES string of the molecule is C[C@H]1Cn2nc(S)c(C3CCC(O)C3)c2CN1C(=O)Nc1cc(F)c(F)c(F)c1. The van der Waals surface area contributed by atoms with Crippen molar-refractivity contribution in [3.05, 3.63) is 40.8 Å².